The van der Waals surface area contributed by atoms with Crippen LogP contribution < -0.4 is 4.90 Å². The van der Waals surface area contributed by atoms with E-state index in [1.54, 1.807) is 0 Å². The highest BCUT2D eigenvalue weighted by atomic mass is 79.9. The van der Waals surface area contributed by atoms with Gasteiger partial charge in [-0.1, -0.05) is 29.8 Å². The van der Waals surface area contributed by atoms with Crippen molar-refractivity contribution in [3.8, 4) is 0 Å². The fraction of sp³-hybridized carbons (Fsp3) is 0.500. The molecule has 0 bridgehead atoms. The molecule has 3 nitrogen and oxygen atoms in total. The van der Waals surface area contributed by atoms with Gasteiger partial charge in [-0.15, -0.1) is 0 Å². The maximum absolute atomic E-state index is 11.9. The molecule has 0 unspecified atom stereocenters. The van der Waals surface area contributed by atoms with E-state index in [0.29, 0.717) is 0 Å². The molecule has 0 aromatic heterocycles. The molecule has 0 atom stereocenters. The molecule has 1 saturated heterocycles. The first-order chi connectivity index (χ1) is 8.58. The highest BCUT2D eigenvalue weighted by Crippen LogP contribution is 2.20. The van der Waals surface area contributed by atoms with Crippen LogP contribution in [0.15, 0.2) is 28.7 Å². The lowest BCUT2D eigenvalue weighted by molar-refractivity contribution is -0.134. The molecule has 0 saturated carbocycles. The van der Waals surface area contributed by atoms with Gasteiger partial charge in [0.25, 0.3) is 0 Å². The molecule has 1 aliphatic rings. The maximum atomic E-state index is 11.9. The van der Waals surface area contributed by atoms with Crippen molar-refractivity contribution in [2.45, 2.75) is 13.8 Å². The lowest BCUT2D eigenvalue weighted by Crippen LogP contribution is -2.49. The Labute approximate surface area is 117 Å². The van der Waals surface area contributed by atoms with Crippen LogP contribution >= 0.6 is 15.9 Å². The van der Waals surface area contributed by atoms with E-state index in [9.17, 15) is 4.79 Å². The van der Waals surface area contributed by atoms with Crippen molar-refractivity contribution in [1.29, 1.82) is 0 Å². The Hall–Kier alpha value is -1.03. The second kappa shape index (κ2) is 5.74. The number of carbonyl (C=O) groups is 1. The number of hydrogen-bond donors (Lipinski definition) is 0. The van der Waals surface area contributed by atoms with E-state index in [0.717, 1.165) is 30.7 Å². The standard InChI is InChI=1S/C14H19BrN2O/c1-11(2)14(18)17-9-7-16(8-10-17)13-5-3-12(15)4-6-13/h3-6,11H,7-10H2,1-2H3. The first-order valence-electron chi connectivity index (χ1n) is 6.37. The van der Waals surface area contributed by atoms with Gasteiger partial charge < -0.3 is 9.80 Å². The Kier molecular flexibility index (Phi) is 4.27. The van der Waals surface area contributed by atoms with E-state index < -0.39 is 0 Å². The molecule has 98 valence electrons. The highest BCUT2D eigenvalue weighted by molar-refractivity contribution is 9.10. The quantitative estimate of drug-likeness (QED) is 0.838. The molecule has 1 aliphatic heterocycles. The third-order valence-corrected chi connectivity index (χ3v) is 3.81. The smallest absolute Gasteiger partial charge is 0.225 e. The van der Waals surface area contributed by atoms with E-state index in [4.69, 9.17) is 0 Å². The molecule has 2 rings (SSSR count). The summed E-state index contributed by atoms with van der Waals surface area (Å²) in [7, 11) is 0. The minimum absolute atomic E-state index is 0.101. The summed E-state index contributed by atoms with van der Waals surface area (Å²) in [5.41, 5.74) is 1.23. The summed E-state index contributed by atoms with van der Waals surface area (Å²) in [6.45, 7) is 7.41. The van der Waals surface area contributed by atoms with Crippen molar-refractivity contribution >= 4 is 27.5 Å². The van der Waals surface area contributed by atoms with E-state index >= 15 is 0 Å². The van der Waals surface area contributed by atoms with Gasteiger partial charge in [-0.25, -0.2) is 0 Å². The van der Waals surface area contributed by atoms with Crippen LogP contribution in [-0.2, 0) is 4.79 Å². The summed E-state index contributed by atoms with van der Waals surface area (Å²) in [4.78, 5) is 16.2. The third-order valence-electron chi connectivity index (χ3n) is 3.28. The molecule has 0 aliphatic carbocycles. The Morgan fingerprint density at radius 3 is 2.17 bits per heavy atom. The van der Waals surface area contributed by atoms with Gasteiger partial charge in [-0.3, -0.25) is 4.79 Å². The predicted octanol–water partition coefficient (Wildman–Crippen LogP) is 2.75. The molecule has 1 fully saturated rings. The summed E-state index contributed by atoms with van der Waals surface area (Å²) in [5, 5.41) is 0. The molecule has 1 aromatic rings. The Morgan fingerprint density at radius 2 is 1.67 bits per heavy atom. The van der Waals surface area contributed by atoms with Crippen LogP contribution in [0.5, 0.6) is 0 Å². The first kappa shape index (κ1) is 13.4. The number of hydrogen-bond acceptors (Lipinski definition) is 2. The number of rotatable bonds is 2. The van der Waals surface area contributed by atoms with E-state index in [2.05, 4.69) is 45.1 Å². The fourth-order valence-electron chi connectivity index (χ4n) is 2.20. The second-order valence-corrected chi connectivity index (χ2v) is 5.86. The molecular weight excluding hydrogens is 292 g/mol. The number of carbonyl (C=O) groups excluding carboxylic acids is 1. The third kappa shape index (κ3) is 3.05. The number of nitrogens with zero attached hydrogens (tertiary/aromatic N) is 2. The monoisotopic (exact) mass is 310 g/mol. The summed E-state index contributed by atoms with van der Waals surface area (Å²) in [6.07, 6.45) is 0. The second-order valence-electron chi connectivity index (χ2n) is 4.94. The van der Waals surface area contributed by atoms with Crippen LogP contribution in [-0.4, -0.2) is 37.0 Å². The Balaban J connectivity index is 1.94. The fourth-order valence-corrected chi connectivity index (χ4v) is 2.47. The largest absolute Gasteiger partial charge is 0.368 e. The summed E-state index contributed by atoms with van der Waals surface area (Å²) in [6, 6.07) is 8.34. The van der Waals surface area contributed by atoms with E-state index in [-0.39, 0.29) is 11.8 Å². The molecule has 1 amide bonds. The SMILES string of the molecule is CC(C)C(=O)N1CCN(c2ccc(Br)cc2)CC1. The minimum Gasteiger partial charge on any atom is -0.368 e. The van der Waals surface area contributed by atoms with Gasteiger partial charge in [0, 0.05) is 42.3 Å². The average Bonchev–Trinajstić information content (AvgIpc) is 2.39. The van der Waals surface area contributed by atoms with Gasteiger partial charge in [0.05, 0.1) is 0 Å². The van der Waals surface area contributed by atoms with Crippen LogP contribution in [0.2, 0.25) is 0 Å². The number of piperazine rings is 1. The van der Waals surface area contributed by atoms with Crippen LogP contribution in [0.25, 0.3) is 0 Å². The van der Waals surface area contributed by atoms with Crippen LogP contribution in [0.1, 0.15) is 13.8 Å². The topological polar surface area (TPSA) is 23.6 Å². The Bertz CT molecular complexity index is 408. The lowest BCUT2D eigenvalue weighted by atomic mass is 10.1. The van der Waals surface area contributed by atoms with Crippen LogP contribution in [0.4, 0.5) is 5.69 Å². The number of halogens is 1. The zero-order valence-electron chi connectivity index (χ0n) is 10.9. The predicted molar refractivity (Wildman–Crippen MR) is 77.8 cm³/mol. The molecule has 4 heteroatoms. The minimum atomic E-state index is 0.101. The number of benzene rings is 1. The number of amides is 1. The van der Waals surface area contributed by atoms with Gasteiger partial charge in [-0.05, 0) is 24.3 Å². The van der Waals surface area contributed by atoms with Crippen molar-refractivity contribution in [2.75, 3.05) is 31.1 Å². The number of anilines is 1. The molecule has 1 aromatic carbocycles. The van der Waals surface area contributed by atoms with Crippen molar-refractivity contribution in [2.24, 2.45) is 5.92 Å². The van der Waals surface area contributed by atoms with Gasteiger partial charge in [0.2, 0.25) is 5.91 Å². The molecule has 18 heavy (non-hydrogen) atoms. The van der Waals surface area contributed by atoms with Crippen LogP contribution in [0.3, 0.4) is 0 Å². The van der Waals surface area contributed by atoms with Crippen molar-refractivity contribution in [3.63, 3.8) is 0 Å². The van der Waals surface area contributed by atoms with E-state index in [1.807, 2.05) is 18.7 Å². The average molecular weight is 311 g/mol. The zero-order valence-corrected chi connectivity index (χ0v) is 12.5. The molecule has 0 N–H and O–H groups in total. The van der Waals surface area contributed by atoms with E-state index in [1.165, 1.54) is 5.69 Å². The zero-order chi connectivity index (χ0) is 13.1. The van der Waals surface area contributed by atoms with Gasteiger partial charge in [0.1, 0.15) is 0 Å². The molecular formula is C14H19BrN2O. The lowest BCUT2D eigenvalue weighted by Gasteiger charge is -2.36. The van der Waals surface area contributed by atoms with Gasteiger partial charge in [-0.2, -0.15) is 0 Å². The van der Waals surface area contributed by atoms with Crippen molar-refractivity contribution in [3.05, 3.63) is 28.7 Å². The highest BCUT2D eigenvalue weighted by Gasteiger charge is 2.22. The maximum Gasteiger partial charge on any atom is 0.225 e. The summed E-state index contributed by atoms with van der Waals surface area (Å²) >= 11 is 3.44. The summed E-state index contributed by atoms with van der Waals surface area (Å²) in [5.74, 6) is 0.370. The van der Waals surface area contributed by atoms with Crippen molar-refractivity contribution in [1.82, 2.24) is 4.90 Å². The summed E-state index contributed by atoms with van der Waals surface area (Å²) < 4.78 is 1.10. The molecule has 0 spiro atoms. The van der Waals surface area contributed by atoms with Gasteiger partial charge in [0.15, 0.2) is 0 Å². The van der Waals surface area contributed by atoms with Crippen LogP contribution in [0, 0.1) is 5.92 Å². The van der Waals surface area contributed by atoms with Gasteiger partial charge >= 0.3 is 0 Å². The normalized spacial score (nSPS) is 16.2. The molecule has 0 radical (unpaired) electrons. The first-order valence-corrected chi connectivity index (χ1v) is 7.16. The molecule has 1 heterocycles. The Morgan fingerprint density at radius 1 is 1.11 bits per heavy atom. The van der Waals surface area contributed by atoms with Crippen molar-refractivity contribution < 1.29 is 4.79 Å².